The Bertz CT molecular complexity index is 1300. The molecule has 1 aromatic carbocycles. The van der Waals surface area contributed by atoms with Gasteiger partial charge >= 0.3 is 24.3 Å². The molecule has 4 rings (SSSR count). The average molecular weight is 638 g/mol. The number of hydrogen-bond acceptors (Lipinski definition) is 10. The first-order valence-electron chi connectivity index (χ1n) is 12.6. The van der Waals surface area contributed by atoms with Crippen LogP contribution in [0.2, 0.25) is 0 Å². The second-order valence-corrected chi connectivity index (χ2v) is 8.91. The fourth-order valence-electron chi connectivity index (χ4n) is 3.48. The number of nitrogens with zero attached hydrogens (tertiary/aromatic N) is 5. The number of benzene rings is 1. The van der Waals surface area contributed by atoms with Crippen molar-refractivity contribution in [2.24, 2.45) is 0 Å². The van der Waals surface area contributed by atoms with Crippen LogP contribution in [0.5, 0.6) is 5.75 Å². The van der Waals surface area contributed by atoms with E-state index in [2.05, 4.69) is 24.9 Å². The van der Waals surface area contributed by atoms with E-state index in [-0.39, 0.29) is 0 Å². The monoisotopic (exact) mass is 637 g/mol. The highest BCUT2D eigenvalue weighted by atomic mass is 19.4. The number of carboxylic acid groups (broad SMARTS) is 2. The van der Waals surface area contributed by atoms with Crippen molar-refractivity contribution in [1.29, 1.82) is 0 Å². The molecule has 1 aliphatic rings. The van der Waals surface area contributed by atoms with Gasteiger partial charge in [0, 0.05) is 69.4 Å². The fraction of sp³-hybridized carbons (Fsp3) is 0.423. The van der Waals surface area contributed by atoms with Crippen LogP contribution in [0.15, 0.2) is 47.2 Å². The lowest BCUT2D eigenvalue weighted by Gasteiger charge is -2.34. The van der Waals surface area contributed by atoms with E-state index < -0.39 is 24.3 Å². The molecule has 2 N–H and O–H groups in total. The van der Waals surface area contributed by atoms with Gasteiger partial charge in [-0.2, -0.15) is 26.3 Å². The molecule has 0 aliphatic carbocycles. The van der Waals surface area contributed by atoms with Gasteiger partial charge in [0.2, 0.25) is 5.95 Å². The quantitative estimate of drug-likeness (QED) is 0.343. The first-order valence-corrected chi connectivity index (χ1v) is 12.6. The van der Waals surface area contributed by atoms with Gasteiger partial charge in [-0.25, -0.2) is 19.6 Å². The second kappa shape index (κ2) is 16.4. The molecule has 242 valence electrons. The molecular formula is C26H29F6N5O7. The molecular weight excluding hydrogens is 608 g/mol. The number of para-hydroxylation sites is 1. The number of carboxylic acids is 2. The molecule has 18 heteroatoms. The van der Waals surface area contributed by atoms with E-state index in [4.69, 9.17) is 33.8 Å². The Morgan fingerprint density at radius 1 is 0.955 bits per heavy atom. The number of alkyl halides is 6. The molecule has 0 bridgehead atoms. The Hall–Kier alpha value is -4.45. The molecule has 0 amide bonds. The molecule has 0 saturated carbocycles. The van der Waals surface area contributed by atoms with Crippen molar-refractivity contribution in [2.75, 3.05) is 51.3 Å². The number of anilines is 1. The number of aliphatic carboxylic acids is 2. The number of halogens is 6. The number of ether oxygens (including phenoxy) is 2. The summed E-state index contributed by atoms with van der Waals surface area (Å²) < 4.78 is 79.7. The summed E-state index contributed by atoms with van der Waals surface area (Å²) >= 11 is 0. The number of hydrogen-bond donors (Lipinski definition) is 2. The van der Waals surface area contributed by atoms with E-state index in [1.54, 1.807) is 7.11 Å². The molecule has 0 atom stereocenters. The van der Waals surface area contributed by atoms with Crippen molar-refractivity contribution in [1.82, 2.24) is 20.0 Å². The van der Waals surface area contributed by atoms with Crippen molar-refractivity contribution in [3.63, 3.8) is 0 Å². The van der Waals surface area contributed by atoms with Gasteiger partial charge in [-0.05, 0) is 13.0 Å². The molecule has 44 heavy (non-hydrogen) atoms. The minimum Gasteiger partial charge on any atom is -0.487 e. The van der Waals surface area contributed by atoms with Crippen LogP contribution < -0.4 is 9.64 Å². The largest absolute Gasteiger partial charge is 0.490 e. The van der Waals surface area contributed by atoms with E-state index >= 15 is 0 Å². The van der Waals surface area contributed by atoms with Gasteiger partial charge in [0.1, 0.15) is 23.8 Å². The number of aromatic nitrogens is 3. The molecule has 1 fully saturated rings. The molecule has 12 nitrogen and oxygen atoms in total. The highest BCUT2D eigenvalue weighted by Crippen LogP contribution is 2.30. The third-order valence-electron chi connectivity index (χ3n) is 5.64. The number of aryl methyl sites for hydroxylation is 1. The minimum atomic E-state index is -5.08. The summed E-state index contributed by atoms with van der Waals surface area (Å²) in [4.78, 5) is 31.7. The maximum Gasteiger partial charge on any atom is 0.490 e. The van der Waals surface area contributed by atoms with Crippen LogP contribution in [0.25, 0.3) is 11.1 Å². The highest BCUT2D eigenvalue weighted by Gasteiger charge is 2.38. The summed E-state index contributed by atoms with van der Waals surface area (Å²) in [7, 11) is 1.74. The maximum absolute atomic E-state index is 10.6. The van der Waals surface area contributed by atoms with Crippen molar-refractivity contribution >= 4 is 17.9 Å². The lowest BCUT2D eigenvalue weighted by Crippen LogP contribution is -2.47. The summed E-state index contributed by atoms with van der Waals surface area (Å²) in [6.07, 6.45) is -6.44. The van der Waals surface area contributed by atoms with Crippen molar-refractivity contribution < 1.29 is 60.1 Å². The van der Waals surface area contributed by atoms with Gasteiger partial charge < -0.3 is 29.1 Å². The van der Waals surface area contributed by atoms with Crippen molar-refractivity contribution in [3.05, 3.63) is 54.2 Å². The molecule has 3 aromatic rings. The second-order valence-electron chi connectivity index (χ2n) is 8.91. The smallest absolute Gasteiger partial charge is 0.487 e. The van der Waals surface area contributed by atoms with Gasteiger partial charge in [-0.15, -0.1) is 0 Å². The zero-order valence-corrected chi connectivity index (χ0v) is 23.4. The molecule has 1 aliphatic heterocycles. The van der Waals surface area contributed by atoms with Crippen molar-refractivity contribution in [3.8, 4) is 16.9 Å². The first kappa shape index (κ1) is 35.7. The van der Waals surface area contributed by atoms with Crippen LogP contribution in [-0.2, 0) is 20.9 Å². The molecule has 0 spiro atoms. The van der Waals surface area contributed by atoms with E-state index in [0.717, 1.165) is 73.6 Å². The van der Waals surface area contributed by atoms with Crippen LogP contribution in [0.4, 0.5) is 32.3 Å². The topological polar surface area (TPSA) is 151 Å². The fourth-order valence-corrected chi connectivity index (χ4v) is 3.48. The normalized spacial score (nSPS) is 13.7. The van der Waals surface area contributed by atoms with Crippen LogP contribution >= 0.6 is 0 Å². The molecule has 1 saturated heterocycles. The summed E-state index contributed by atoms with van der Waals surface area (Å²) in [6.45, 7) is 7.76. The summed E-state index contributed by atoms with van der Waals surface area (Å²) in [5.41, 5.74) is 2.64. The Morgan fingerprint density at radius 2 is 1.50 bits per heavy atom. The lowest BCUT2D eigenvalue weighted by atomic mass is 10.1. The molecule has 2 aromatic heterocycles. The number of piperazine rings is 1. The number of carbonyl (C=O) groups is 2. The van der Waals surface area contributed by atoms with Crippen molar-refractivity contribution in [2.45, 2.75) is 25.9 Å². The van der Waals surface area contributed by atoms with Gasteiger partial charge in [-0.3, -0.25) is 4.90 Å². The highest BCUT2D eigenvalue weighted by molar-refractivity contribution is 5.73. The minimum absolute atomic E-state index is 0.348. The molecule has 3 heterocycles. The third-order valence-corrected chi connectivity index (χ3v) is 5.64. The zero-order valence-electron chi connectivity index (χ0n) is 23.4. The predicted octanol–water partition coefficient (Wildman–Crippen LogP) is 4.05. The molecule has 0 radical (unpaired) electrons. The van der Waals surface area contributed by atoms with Crippen LogP contribution in [0.1, 0.15) is 11.5 Å². The predicted molar refractivity (Wildman–Crippen MR) is 141 cm³/mol. The Labute approximate surface area is 246 Å². The average Bonchev–Trinajstić information content (AvgIpc) is 3.40. The zero-order chi connectivity index (χ0) is 32.9. The third kappa shape index (κ3) is 12.0. The van der Waals surface area contributed by atoms with Crippen LogP contribution in [0.3, 0.4) is 0 Å². The van der Waals surface area contributed by atoms with E-state index in [0.29, 0.717) is 6.61 Å². The maximum atomic E-state index is 10.6. The Balaban J connectivity index is 0.000000402. The van der Waals surface area contributed by atoms with E-state index in [1.165, 1.54) is 0 Å². The first-order chi connectivity index (χ1) is 20.6. The number of methoxy groups -OCH3 is 1. The Morgan fingerprint density at radius 3 is 1.98 bits per heavy atom. The number of rotatable bonds is 8. The standard InChI is InChI=1S/C22H27N5O3.2C2HF3O2/c1-17-13-19(25-30-17)16-29-21-6-4-3-5-20(21)18-14-23-22(24-15-18)27-9-7-26(8-10-27)11-12-28-2;2*3-2(4,5)1(6)7/h3-6,13-15H,7-12,16H2,1-2H3;2*(H,6,7). The van der Waals surface area contributed by atoms with E-state index in [9.17, 15) is 26.3 Å². The summed E-state index contributed by atoms with van der Waals surface area (Å²) in [6, 6.07) is 9.75. The van der Waals surface area contributed by atoms with Gasteiger partial charge in [-0.1, -0.05) is 23.4 Å². The summed E-state index contributed by atoms with van der Waals surface area (Å²) in [5.74, 6) is -3.21. The molecule has 0 unspecified atom stereocenters. The van der Waals surface area contributed by atoms with Gasteiger partial charge in [0.25, 0.3) is 0 Å². The Kier molecular flexibility index (Phi) is 13.3. The van der Waals surface area contributed by atoms with Crippen LogP contribution in [0, 0.1) is 6.92 Å². The SMILES string of the molecule is COCCN1CCN(c2ncc(-c3ccccc3OCc3cc(C)on3)cn2)CC1.O=C(O)C(F)(F)F.O=C(O)C(F)(F)F. The summed E-state index contributed by atoms with van der Waals surface area (Å²) in [5, 5.41) is 18.2. The van der Waals surface area contributed by atoms with E-state index in [1.807, 2.05) is 49.6 Å². The lowest BCUT2D eigenvalue weighted by molar-refractivity contribution is -0.193. The van der Waals surface area contributed by atoms with Gasteiger partial charge in [0.15, 0.2) is 0 Å². The van der Waals surface area contributed by atoms with Crippen LogP contribution in [-0.4, -0.2) is 101 Å². The van der Waals surface area contributed by atoms with Gasteiger partial charge in [0.05, 0.1) is 6.61 Å².